The van der Waals surface area contributed by atoms with Crippen LogP contribution in [0.25, 0.3) is 16.7 Å². The Labute approximate surface area is 163 Å². The molecule has 2 aromatic heterocycles. The summed E-state index contributed by atoms with van der Waals surface area (Å²) < 4.78 is 7.64. The van der Waals surface area contributed by atoms with Crippen LogP contribution >= 0.6 is 0 Å². The van der Waals surface area contributed by atoms with E-state index in [9.17, 15) is 4.79 Å². The molecule has 140 valence electrons. The number of amides is 1. The molecule has 0 radical (unpaired) electrons. The first-order valence-corrected chi connectivity index (χ1v) is 9.64. The second-order valence-corrected chi connectivity index (χ2v) is 7.36. The lowest BCUT2D eigenvalue weighted by Crippen LogP contribution is -2.28. The monoisotopic (exact) mass is 371 g/mol. The third kappa shape index (κ3) is 3.09. The van der Waals surface area contributed by atoms with Gasteiger partial charge >= 0.3 is 0 Å². The number of rotatable bonds is 5. The Morgan fingerprint density at radius 3 is 2.61 bits per heavy atom. The zero-order valence-electron chi connectivity index (χ0n) is 15.6. The molecule has 2 aromatic carbocycles. The second-order valence-electron chi connectivity index (χ2n) is 7.36. The lowest BCUT2D eigenvalue weighted by atomic mass is 10.2. The molecule has 1 aliphatic rings. The van der Waals surface area contributed by atoms with E-state index in [2.05, 4.69) is 5.32 Å². The largest absolute Gasteiger partial charge is 0.459 e. The number of furan rings is 1. The van der Waals surface area contributed by atoms with Crippen LogP contribution in [0.1, 0.15) is 53.7 Å². The first-order valence-electron chi connectivity index (χ1n) is 9.64. The van der Waals surface area contributed by atoms with Gasteiger partial charge in [0.25, 0.3) is 5.91 Å². The molecular formula is C23H21N3O2. The Bertz CT molecular complexity index is 1110. The summed E-state index contributed by atoms with van der Waals surface area (Å²) in [6, 6.07) is 21.3. The summed E-state index contributed by atoms with van der Waals surface area (Å²) in [6.07, 6.45) is 2.28. The number of carbonyl (C=O) groups is 1. The van der Waals surface area contributed by atoms with Gasteiger partial charge < -0.3 is 9.73 Å². The molecule has 1 amide bonds. The zero-order valence-corrected chi connectivity index (χ0v) is 15.6. The normalized spacial score (nSPS) is 14.9. The van der Waals surface area contributed by atoms with Crippen LogP contribution in [0.4, 0.5) is 0 Å². The second kappa shape index (κ2) is 6.68. The van der Waals surface area contributed by atoms with Crippen LogP contribution in [0.15, 0.2) is 71.1 Å². The summed E-state index contributed by atoms with van der Waals surface area (Å²) >= 11 is 0. The lowest BCUT2D eigenvalue weighted by Gasteiger charge is -2.12. The molecule has 0 spiro atoms. The third-order valence-electron chi connectivity index (χ3n) is 5.18. The molecule has 1 saturated carbocycles. The molecule has 0 saturated heterocycles. The molecule has 28 heavy (non-hydrogen) atoms. The highest BCUT2D eigenvalue weighted by Crippen LogP contribution is 2.39. The molecular weight excluding hydrogens is 350 g/mol. The average molecular weight is 371 g/mol. The highest BCUT2D eigenvalue weighted by Gasteiger charge is 2.29. The molecule has 1 N–H and O–H groups in total. The van der Waals surface area contributed by atoms with E-state index in [1.165, 1.54) is 0 Å². The Morgan fingerprint density at radius 2 is 1.86 bits per heavy atom. The Morgan fingerprint density at radius 1 is 1.11 bits per heavy atom. The van der Waals surface area contributed by atoms with Crippen molar-refractivity contribution >= 4 is 16.9 Å². The van der Waals surface area contributed by atoms with Crippen molar-refractivity contribution in [1.29, 1.82) is 0 Å². The van der Waals surface area contributed by atoms with Crippen molar-refractivity contribution in [3.63, 3.8) is 0 Å². The number of nitrogens with one attached hydrogen (secondary N) is 1. The van der Waals surface area contributed by atoms with Crippen molar-refractivity contribution in [3.05, 3.63) is 83.9 Å². The highest BCUT2D eigenvalue weighted by molar-refractivity contribution is 5.93. The van der Waals surface area contributed by atoms with Crippen molar-refractivity contribution < 1.29 is 9.21 Å². The van der Waals surface area contributed by atoms with Gasteiger partial charge in [0, 0.05) is 11.3 Å². The van der Waals surface area contributed by atoms with E-state index in [1.54, 1.807) is 4.68 Å². The van der Waals surface area contributed by atoms with Crippen LogP contribution in [-0.2, 0) is 0 Å². The predicted octanol–water partition coefficient (Wildman–Crippen LogP) is 4.99. The molecule has 1 unspecified atom stereocenters. The van der Waals surface area contributed by atoms with E-state index in [1.807, 2.05) is 73.7 Å². The van der Waals surface area contributed by atoms with Gasteiger partial charge in [-0.15, -0.1) is 0 Å². The molecule has 0 bridgehead atoms. The van der Waals surface area contributed by atoms with Crippen LogP contribution in [0.5, 0.6) is 0 Å². The number of para-hydroxylation sites is 2. The molecule has 5 nitrogen and oxygen atoms in total. The molecule has 2 heterocycles. The SMILES string of the molecule is CC(NC(=O)c1cc(C2CC2)nn1-c1ccccc1)c1cc2ccccc2o1. The van der Waals surface area contributed by atoms with Crippen molar-refractivity contribution in [3.8, 4) is 5.69 Å². The summed E-state index contributed by atoms with van der Waals surface area (Å²) in [5.41, 5.74) is 3.25. The van der Waals surface area contributed by atoms with Gasteiger partial charge in [-0.25, -0.2) is 4.68 Å². The fraction of sp³-hybridized carbons (Fsp3) is 0.217. The Kier molecular flexibility index (Phi) is 4.01. The van der Waals surface area contributed by atoms with Crippen LogP contribution < -0.4 is 5.32 Å². The summed E-state index contributed by atoms with van der Waals surface area (Å²) in [5, 5.41) is 8.80. The van der Waals surface area contributed by atoms with Crippen molar-refractivity contribution in [2.24, 2.45) is 0 Å². The number of nitrogens with zero attached hydrogens (tertiary/aromatic N) is 2. The van der Waals surface area contributed by atoms with Gasteiger partial charge in [0.1, 0.15) is 17.0 Å². The Balaban J connectivity index is 1.44. The lowest BCUT2D eigenvalue weighted by molar-refractivity contribution is 0.0928. The zero-order chi connectivity index (χ0) is 19.1. The van der Waals surface area contributed by atoms with E-state index in [0.29, 0.717) is 11.6 Å². The van der Waals surface area contributed by atoms with Crippen LogP contribution in [-0.4, -0.2) is 15.7 Å². The maximum absolute atomic E-state index is 13.1. The minimum Gasteiger partial charge on any atom is -0.459 e. The number of benzene rings is 2. The smallest absolute Gasteiger partial charge is 0.270 e. The highest BCUT2D eigenvalue weighted by atomic mass is 16.3. The van der Waals surface area contributed by atoms with Crippen molar-refractivity contribution in [1.82, 2.24) is 15.1 Å². The quantitative estimate of drug-likeness (QED) is 0.538. The van der Waals surface area contributed by atoms with Gasteiger partial charge in [0.2, 0.25) is 0 Å². The molecule has 0 aliphatic heterocycles. The van der Waals surface area contributed by atoms with Crippen molar-refractivity contribution in [2.45, 2.75) is 31.7 Å². The Hall–Kier alpha value is -3.34. The molecule has 1 fully saturated rings. The molecule has 1 aliphatic carbocycles. The van der Waals surface area contributed by atoms with Gasteiger partial charge in [-0.2, -0.15) is 5.10 Å². The van der Waals surface area contributed by atoms with Gasteiger partial charge in [-0.3, -0.25) is 4.79 Å². The van der Waals surface area contributed by atoms with E-state index < -0.39 is 0 Å². The fourth-order valence-corrected chi connectivity index (χ4v) is 3.46. The van der Waals surface area contributed by atoms with Crippen molar-refractivity contribution in [2.75, 3.05) is 0 Å². The average Bonchev–Trinajstić information content (AvgIpc) is 3.32. The molecule has 4 aromatic rings. The number of hydrogen-bond donors (Lipinski definition) is 1. The van der Waals surface area contributed by atoms with Crippen LogP contribution in [0.3, 0.4) is 0 Å². The van der Waals surface area contributed by atoms with E-state index in [0.717, 1.165) is 41.0 Å². The number of carbonyl (C=O) groups excluding carboxylic acids is 1. The summed E-state index contributed by atoms with van der Waals surface area (Å²) in [6.45, 7) is 1.93. The molecule has 1 atom stereocenters. The van der Waals surface area contributed by atoms with Gasteiger partial charge in [-0.1, -0.05) is 36.4 Å². The first kappa shape index (κ1) is 16.8. The topological polar surface area (TPSA) is 60.1 Å². The first-order chi connectivity index (χ1) is 13.7. The fourth-order valence-electron chi connectivity index (χ4n) is 3.46. The van der Waals surface area contributed by atoms with Crippen LogP contribution in [0, 0.1) is 0 Å². The predicted molar refractivity (Wildman–Crippen MR) is 108 cm³/mol. The van der Waals surface area contributed by atoms with Crippen LogP contribution in [0.2, 0.25) is 0 Å². The standard InChI is InChI=1S/C23H21N3O2/c1-15(22-13-17-7-5-6-10-21(17)28-22)24-23(27)20-14-19(16-11-12-16)25-26(20)18-8-3-2-4-9-18/h2-10,13-16H,11-12H2,1H3,(H,24,27). The molecule has 5 heteroatoms. The van der Waals surface area contributed by atoms with E-state index >= 15 is 0 Å². The minimum absolute atomic E-state index is 0.156. The summed E-state index contributed by atoms with van der Waals surface area (Å²) in [4.78, 5) is 13.1. The molecule has 5 rings (SSSR count). The van der Waals surface area contributed by atoms with Gasteiger partial charge in [0.05, 0.1) is 17.4 Å². The summed E-state index contributed by atoms with van der Waals surface area (Å²) in [5.74, 6) is 1.06. The third-order valence-corrected chi connectivity index (χ3v) is 5.18. The number of hydrogen-bond acceptors (Lipinski definition) is 3. The van der Waals surface area contributed by atoms with E-state index in [4.69, 9.17) is 9.52 Å². The maximum Gasteiger partial charge on any atom is 0.270 e. The maximum atomic E-state index is 13.1. The minimum atomic E-state index is -0.247. The van der Waals surface area contributed by atoms with Gasteiger partial charge in [0.15, 0.2) is 0 Å². The van der Waals surface area contributed by atoms with Gasteiger partial charge in [-0.05, 0) is 50.1 Å². The number of fused-ring (bicyclic) bond motifs is 1. The summed E-state index contributed by atoms with van der Waals surface area (Å²) in [7, 11) is 0. The van der Waals surface area contributed by atoms with E-state index in [-0.39, 0.29) is 11.9 Å². The number of aromatic nitrogens is 2.